The molecule has 3 rings (SSSR count). The number of hydrogen-bond acceptors (Lipinski definition) is 4. The zero-order chi connectivity index (χ0) is 17.2. The van der Waals surface area contributed by atoms with Gasteiger partial charge in [-0.15, -0.1) is 0 Å². The number of nitrogens with zero attached hydrogens (tertiary/aromatic N) is 1. The van der Waals surface area contributed by atoms with Crippen LogP contribution in [0.2, 0.25) is 0 Å². The minimum atomic E-state index is -0.712. The Balaban J connectivity index is 1.49. The zero-order valence-electron chi connectivity index (χ0n) is 14.3. The number of rotatable bonds is 5. The quantitative estimate of drug-likeness (QED) is 0.741. The molecule has 24 heavy (non-hydrogen) atoms. The van der Waals surface area contributed by atoms with E-state index in [1.807, 2.05) is 6.92 Å². The summed E-state index contributed by atoms with van der Waals surface area (Å²) in [6, 6.07) is -0.408. The summed E-state index contributed by atoms with van der Waals surface area (Å²) >= 11 is 0. The second-order valence-corrected chi connectivity index (χ2v) is 7.19. The lowest BCUT2D eigenvalue weighted by Crippen LogP contribution is -2.48. The minimum absolute atomic E-state index is 0.0483. The summed E-state index contributed by atoms with van der Waals surface area (Å²) in [6.45, 7) is 2.81. The van der Waals surface area contributed by atoms with Gasteiger partial charge >= 0.3 is 6.03 Å². The van der Waals surface area contributed by atoms with Gasteiger partial charge in [0.1, 0.15) is 5.54 Å². The van der Waals surface area contributed by atoms with Crippen molar-refractivity contribution < 1.29 is 19.1 Å². The second kappa shape index (κ2) is 7.09. The van der Waals surface area contributed by atoms with E-state index in [-0.39, 0.29) is 43.0 Å². The molecular weight excluding hydrogens is 310 g/mol. The van der Waals surface area contributed by atoms with E-state index in [9.17, 15) is 14.4 Å². The van der Waals surface area contributed by atoms with Crippen molar-refractivity contribution in [2.75, 3.05) is 13.2 Å². The van der Waals surface area contributed by atoms with Gasteiger partial charge in [0.05, 0.1) is 12.1 Å². The lowest BCUT2D eigenvalue weighted by Gasteiger charge is -2.30. The number of nitrogens with one attached hydrogen (secondary N) is 2. The third kappa shape index (κ3) is 3.41. The highest BCUT2D eigenvalue weighted by Gasteiger charge is 2.51. The molecule has 0 aromatic carbocycles. The van der Waals surface area contributed by atoms with E-state index in [0.717, 1.165) is 38.7 Å². The standard InChI is InChI=1S/C17H27N3O4/c1-12(13-6-5-11-24-13)18-14(21)7-10-20-15(22)17(19-16(20)23)8-3-2-4-9-17/h12-13H,2-11H2,1H3,(H,18,21)(H,19,23). The minimum Gasteiger partial charge on any atom is -0.376 e. The van der Waals surface area contributed by atoms with Gasteiger partial charge < -0.3 is 15.4 Å². The Kier molecular flexibility index (Phi) is 5.08. The van der Waals surface area contributed by atoms with Crippen LogP contribution in [0.5, 0.6) is 0 Å². The van der Waals surface area contributed by atoms with Crippen LogP contribution in [0.4, 0.5) is 4.79 Å². The molecule has 2 saturated heterocycles. The van der Waals surface area contributed by atoms with E-state index in [0.29, 0.717) is 12.8 Å². The summed E-state index contributed by atoms with van der Waals surface area (Å²) in [5.41, 5.74) is -0.712. The van der Waals surface area contributed by atoms with Crippen LogP contribution < -0.4 is 10.6 Å². The molecule has 2 N–H and O–H groups in total. The van der Waals surface area contributed by atoms with Crippen LogP contribution in [0.3, 0.4) is 0 Å². The van der Waals surface area contributed by atoms with Crippen LogP contribution in [0.15, 0.2) is 0 Å². The summed E-state index contributed by atoms with van der Waals surface area (Å²) in [7, 11) is 0. The first kappa shape index (κ1) is 17.2. The molecule has 1 spiro atoms. The van der Waals surface area contributed by atoms with Crippen molar-refractivity contribution in [1.82, 2.24) is 15.5 Å². The molecule has 0 aromatic heterocycles. The first-order valence-corrected chi connectivity index (χ1v) is 9.07. The molecule has 4 amide bonds. The lowest BCUT2D eigenvalue weighted by molar-refractivity contribution is -0.132. The normalized spacial score (nSPS) is 27.4. The van der Waals surface area contributed by atoms with Gasteiger partial charge in [0.15, 0.2) is 0 Å². The zero-order valence-corrected chi connectivity index (χ0v) is 14.3. The van der Waals surface area contributed by atoms with Crippen LogP contribution in [0, 0.1) is 0 Å². The molecule has 7 nitrogen and oxygen atoms in total. The highest BCUT2D eigenvalue weighted by atomic mass is 16.5. The van der Waals surface area contributed by atoms with Crippen LogP contribution in [-0.2, 0) is 14.3 Å². The average Bonchev–Trinajstić information content (AvgIpc) is 3.16. The Morgan fingerprint density at radius 2 is 2.08 bits per heavy atom. The predicted octanol–water partition coefficient (Wildman–Crippen LogP) is 1.31. The topological polar surface area (TPSA) is 87.7 Å². The number of carbonyl (C=O) groups excluding carboxylic acids is 3. The molecular formula is C17H27N3O4. The van der Waals surface area contributed by atoms with Gasteiger partial charge in [-0.05, 0) is 32.6 Å². The molecule has 0 bridgehead atoms. The van der Waals surface area contributed by atoms with Crippen LogP contribution in [0.25, 0.3) is 0 Å². The van der Waals surface area contributed by atoms with Gasteiger partial charge in [0.25, 0.3) is 5.91 Å². The molecule has 2 unspecified atom stereocenters. The van der Waals surface area contributed by atoms with E-state index in [1.165, 1.54) is 4.90 Å². The SMILES string of the molecule is CC(NC(=O)CCN1C(=O)NC2(CCCCC2)C1=O)C1CCCO1. The monoisotopic (exact) mass is 337 g/mol. The van der Waals surface area contributed by atoms with Crippen molar-refractivity contribution in [1.29, 1.82) is 0 Å². The molecule has 2 heterocycles. The lowest BCUT2D eigenvalue weighted by atomic mass is 9.82. The Morgan fingerprint density at radius 3 is 2.75 bits per heavy atom. The summed E-state index contributed by atoms with van der Waals surface area (Å²) in [4.78, 5) is 38.1. The van der Waals surface area contributed by atoms with Crippen LogP contribution in [0.1, 0.15) is 58.3 Å². The van der Waals surface area contributed by atoms with Gasteiger partial charge in [-0.25, -0.2) is 4.79 Å². The molecule has 2 atom stereocenters. The molecule has 3 fully saturated rings. The smallest absolute Gasteiger partial charge is 0.325 e. The van der Waals surface area contributed by atoms with Gasteiger partial charge in [-0.2, -0.15) is 0 Å². The average molecular weight is 337 g/mol. The van der Waals surface area contributed by atoms with E-state index < -0.39 is 5.54 Å². The summed E-state index contributed by atoms with van der Waals surface area (Å²) in [5, 5.41) is 5.78. The Hall–Kier alpha value is -1.63. The maximum absolute atomic E-state index is 12.6. The van der Waals surface area contributed by atoms with Crippen molar-refractivity contribution in [2.45, 2.75) is 76.0 Å². The summed E-state index contributed by atoms with van der Waals surface area (Å²) in [5.74, 6) is -0.310. The molecule has 2 aliphatic heterocycles. The Bertz CT molecular complexity index is 510. The summed E-state index contributed by atoms with van der Waals surface area (Å²) < 4.78 is 5.56. The number of carbonyl (C=O) groups is 3. The van der Waals surface area contributed by atoms with Crippen molar-refractivity contribution in [3.8, 4) is 0 Å². The molecule has 134 valence electrons. The Morgan fingerprint density at radius 1 is 1.33 bits per heavy atom. The van der Waals surface area contributed by atoms with Gasteiger partial charge in [-0.3, -0.25) is 14.5 Å². The number of urea groups is 1. The van der Waals surface area contributed by atoms with Gasteiger partial charge in [0.2, 0.25) is 5.91 Å². The van der Waals surface area contributed by atoms with Crippen molar-refractivity contribution >= 4 is 17.8 Å². The fraction of sp³-hybridized carbons (Fsp3) is 0.824. The van der Waals surface area contributed by atoms with Crippen molar-refractivity contribution in [3.63, 3.8) is 0 Å². The maximum atomic E-state index is 12.6. The number of imide groups is 1. The third-order valence-corrected chi connectivity index (χ3v) is 5.43. The molecule has 0 aromatic rings. The van der Waals surface area contributed by atoms with Crippen molar-refractivity contribution in [3.05, 3.63) is 0 Å². The molecule has 7 heteroatoms. The van der Waals surface area contributed by atoms with Crippen molar-refractivity contribution in [2.24, 2.45) is 0 Å². The van der Waals surface area contributed by atoms with E-state index in [4.69, 9.17) is 4.74 Å². The number of ether oxygens (including phenoxy) is 1. The molecule has 0 radical (unpaired) electrons. The second-order valence-electron chi connectivity index (χ2n) is 7.19. The first-order chi connectivity index (χ1) is 11.5. The van der Waals surface area contributed by atoms with Crippen LogP contribution in [-0.4, -0.2) is 53.6 Å². The molecule has 1 saturated carbocycles. The largest absolute Gasteiger partial charge is 0.376 e. The number of amides is 4. The molecule has 3 aliphatic rings. The maximum Gasteiger partial charge on any atom is 0.325 e. The highest BCUT2D eigenvalue weighted by molar-refractivity contribution is 6.07. The first-order valence-electron chi connectivity index (χ1n) is 9.07. The fourth-order valence-electron chi connectivity index (χ4n) is 4.00. The predicted molar refractivity (Wildman–Crippen MR) is 87.3 cm³/mol. The number of hydrogen-bond donors (Lipinski definition) is 2. The summed E-state index contributed by atoms with van der Waals surface area (Å²) in [6.07, 6.45) is 6.61. The molecule has 1 aliphatic carbocycles. The van der Waals surface area contributed by atoms with Gasteiger partial charge in [-0.1, -0.05) is 19.3 Å². The van der Waals surface area contributed by atoms with E-state index in [1.54, 1.807) is 0 Å². The van der Waals surface area contributed by atoms with Gasteiger partial charge in [0, 0.05) is 19.6 Å². The highest BCUT2D eigenvalue weighted by Crippen LogP contribution is 2.33. The van der Waals surface area contributed by atoms with E-state index >= 15 is 0 Å². The van der Waals surface area contributed by atoms with E-state index in [2.05, 4.69) is 10.6 Å². The fourth-order valence-corrected chi connectivity index (χ4v) is 4.00. The third-order valence-electron chi connectivity index (χ3n) is 5.43. The van der Waals surface area contributed by atoms with Crippen LogP contribution >= 0.6 is 0 Å². The Labute approximate surface area is 142 Å².